The maximum absolute atomic E-state index is 13.2. The van der Waals surface area contributed by atoms with Gasteiger partial charge in [-0.25, -0.2) is 0 Å². The molecule has 3 aromatic carbocycles. The minimum atomic E-state index is -0.180. The van der Waals surface area contributed by atoms with Gasteiger partial charge in [-0.3, -0.25) is 9.69 Å². The molecule has 0 radical (unpaired) electrons. The van der Waals surface area contributed by atoms with E-state index in [-0.39, 0.29) is 18.3 Å². The summed E-state index contributed by atoms with van der Waals surface area (Å²) in [5, 5.41) is 0. The van der Waals surface area contributed by atoms with Crippen LogP contribution < -0.4 is 28.4 Å². The van der Waals surface area contributed by atoms with Gasteiger partial charge in [-0.2, -0.15) is 0 Å². The van der Waals surface area contributed by atoms with E-state index < -0.39 is 0 Å². The van der Waals surface area contributed by atoms with E-state index in [9.17, 15) is 4.79 Å². The third-order valence-corrected chi connectivity index (χ3v) is 6.25. The number of rotatable bonds is 5. The fraction of sp³-hybridized carbons (Fsp3) is 0.222. The van der Waals surface area contributed by atoms with Crippen molar-refractivity contribution in [2.75, 3.05) is 27.7 Å². The lowest BCUT2D eigenvalue weighted by atomic mass is 10.0. The Labute approximate surface area is 202 Å². The molecule has 0 saturated heterocycles. The van der Waals surface area contributed by atoms with Gasteiger partial charge in [0.1, 0.15) is 18.2 Å². The second kappa shape index (κ2) is 8.56. The molecule has 0 atom stereocenters. The molecular weight excluding hydrogens is 450 g/mol. The average molecular weight is 473 g/mol. The SMILES string of the molecule is COc1cccc(/C=C2\Oc3c(ccc4c3CN(Cc3ccc5c(c3)OCO5)CO4)C2=O)c1OC. The Balaban J connectivity index is 1.27. The predicted octanol–water partition coefficient (Wildman–Crippen LogP) is 4.40. The summed E-state index contributed by atoms with van der Waals surface area (Å²) in [5.74, 6) is 3.93. The lowest BCUT2D eigenvalue weighted by Crippen LogP contribution is -2.31. The number of benzene rings is 3. The molecule has 0 bridgehead atoms. The number of carbonyl (C=O) groups excluding carboxylic acids is 1. The zero-order valence-electron chi connectivity index (χ0n) is 19.3. The number of methoxy groups -OCH3 is 2. The van der Waals surface area contributed by atoms with Gasteiger partial charge in [-0.05, 0) is 42.0 Å². The van der Waals surface area contributed by atoms with E-state index in [0.29, 0.717) is 48.2 Å². The highest BCUT2D eigenvalue weighted by Gasteiger charge is 2.34. The summed E-state index contributed by atoms with van der Waals surface area (Å²) in [7, 11) is 3.14. The molecule has 0 saturated carbocycles. The molecule has 3 heterocycles. The Hall–Kier alpha value is -4.17. The van der Waals surface area contributed by atoms with Gasteiger partial charge in [-0.1, -0.05) is 18.2 Å². The number of ketones is 1. The highest BCUT2D eigenvalue weighted by molar-refractivity contribution is 6.15. The first-order valence-electron chi connectivity index (χ1n) is 11.2. The fourth-order valence-electron chi connectivity index (χ4n) is 4.57. The van der Waals surface area contributed by atoms with Crippen LogP contribution in [0.25, 0.3) is 6.08 Å². The predicted molar refractivity (Wildman–Crippen MR) is 126 cm³/mol. The van der Waals surface area contributed by atoms with Crippen LogP contribution in [0.3, 0.4) is 0 Å². The van der Waals surface area contributed by atoms with Crippen molar-refractivity contribution in [3.05, 3.63) is 76.5 Å². The highest BCUT2D eigenvalue weighted by atomic mass is 16.7. The molecule has 8 heteroatoms. The zero-order chi connectivity index (χ0) is 23.9. The van der Waals surface area contributed by atoms with E-state index in [2.05, 4.69) is 4.90 Å². The van der Waals surface area contributed by atoms with Gasteiger partial charge in [0.2, 0.25) is 12.6 Å². The van der Waals surface area contributed by atoms with Gasteiger partial charge >= 0.3 is 0 Å². The summed E-state index contributed by atoms with van der Waals surface area (Å²) in [6.07, 6.45) is 1.68. The number of para-hydroxylation sites is 1. The number of ether oxygens (including phenoxy) is 6. The number of carbonyl (C=O) groups is 1. The number of hydrogen-bond donors (Lipinski definition) is 0. The summed E-state index contributed by atoms with van der Waals surface area (Å²) in [5.41, 5.74) is 3.14. The molecule has 0 unspecified atom stereocenters. The summed E-state index contributed by atoms with van der Waals surface area (Å²) in [4.78, 5) is 15.3. The van der Waals surface area contributed by atoms with Crippen LogP contribution in [0.1, 0.15) is 27.0 Å². The molecule has 0 aliphatic carbocycles. The van der Waals surface area contributed by atoms with Gasteiger partial charge < -0.3 is 28.4 Å². The molecule has 3 aliphatic rings. The molecule has 0 spiro atoms. The summed E-state index contributed by atoms with van der Waals surface area (Å²) in [6, 6.07) is 15.0. The highest BCUT2D eigenvalue weighted by Crippen LogP contribution is 2.43. The monoisotopic (exact) mass is 473 g/mol. The van der Waals surface area contributed by atoms with Crippen LogP contribution in [0.2, 0.25) is 0 Å². The molecule has 3 aliphatic heterocycles. The van der Waals surface area contributed by atoms with Crippen molar-refractivity contribution >= 4 is 11.9 Å². The van der Waals surface area contributed by atoms with Crippen LogP contribution in [-0.4, -0.2) is 38.4 Å². The molecule has 0 aromatic heterocycles. The molecule has 0 amide bonds. The quantitative estimate of drug-likeness (QED) is 0.505. The van der Waals surface area contributed by atoms with Crippen LogP contribution in [0, 0.1) is 0 Å². The summed E-state index contributed by atoms with van der Waals surface area (Å²) < 4.78 is 33.9. The molecule has 6 rings (SSSR count). The maximum Gasteiger partial charge on any atom is 0.231 e. The fourth-order valence-corrected chi connectivity index (χ4v) is 4.57. The first kappa shape index (κ1) is 21.4. The lowest BCUT2D eigenvalue weighted by Gasteiger charge is -2.29. The molecule has 3 aromatic rings. The third kappa shape index (κ3) is 3.72. The minimum Gasteiger partial charge on any atom is -0.493 e. The van der Waals surface area contributed by atoms with E-state index in [4.69, 9.17) is 28.4 Å². The van der Waals surface area contributed by atoms with E-state index in [1.54, 1.807) is 32.4 Å². The van der Waals surface area contributed by atoms with Crippen LogP contribution >= 0.6 is 0 Å². The van der Waals surface area contributed by atoms with E-state index in [1.165, 1.54) is 0 Å². The Kier molecular flexibility index (Phi) is 5.22. The number of fused-ring (bicyclic) bond motifs is 4. The van der Waals surface area contributed by atoms with E-state index in [0.717, 1.165) is 28.4 Å². The van der Waals surface area contributed by atoms with Crippen molar-refractivity contribution in [1.29, 1.82) is 0 Å². The lowest BCUT2D eigenvalue weighted by molar-refractivity contribution is 0.0872. The van der Waals surface area contributed by atoms with Crippen molar-refractivity contribution in [3.63, 3.8) is 0 Å². The van der Waals surface area contributed by atoms with Gasteiger partial charge in [0.05, 0.1) is 25.3 Å². The zero-order valence-corrected chi connectivity index (χ0v) is 19.3. The molecule has 0 N–H and O–H groups in total. The van der Waals surface area contributed by atoms with E-state index >= 15 is 0 Å². The van der Waals surface area contributed by atoms with Crippen LogP contribution in [-0.2, 0) is 13.1 Å². The Bertz CT molecular complexity index is 1360. The van der Waals surface area contributed by atoms with E-state index in [1.807, 2.05) is 36.4 Å². The molecule has 8 nitrogen and oxygen atoms in total. The Morgan fingerprint density at radius 3 is 2.69 bits per heavy atom. The molecular formula is C27H23NO7. The second-order valence-corrected chi connectivity index (χ2v) is 8.39. The van der Waals surface area contributed by atoms with Crippen molar-refractivity contribution in [1.82, 2.24) is 4.90 Å². The molecule has 0 fully saturated rings. The number of allylic oxidation sites excluding steroid dienone is 1. The first-order chi connectivity index (χ1) is 17.1. The summed E-state index contributed by atoms with van der Waals surface area (Å²) in [6.45, 7) is 1.90. The smallest absolute Gasteiger partial charge is 0.231 e. The summed E-state index contributed by atoms with van der Waals surface area (Å²) >= 11 is 0. The first-order valence-corrected chi connectivity index (χ1v) is 11.2. The van der Waals surface area contributed by atoms with Gasteiger partial charge in [0.15, 0.2) is 28.8 Å². The minimum absolute atomic E-state index is 0.180. The number of nitrogens with zero attached hydrogens (tertiary/aromatic N) is 1. The number of Topliss-reactive ketones (excluding diaryl/α,β-unsaturated/α-hetero) is 1. The van der Waals surface area contributed by atoms with Gasteiger partial charge in [0, 0.05) is 18.7 Å². The Morgan fingerprint density at radius 1 is 0.971 bits per heavy atom. The molecule has 35 heavy (non-hydrogen) atoms. The van der Waals surface area contributed by atoms with Crippen molar-refractivity contribution in [3.8, 4) is 34.5 Å². The van der Waals surface area contributed by atoms with Gasteiger partial charge in [0.25, 0.3) is 0 Å². The Morgan fingerprint density at radius 2 is 1.83 bits per heavy atom. The van der Waals surface area contributed by atoms with Crippen LogP contribution in [0.15, 0.2) is 54.3 Å². The van der Waals surface area contributed by atoms with Gasteiger partial charge in [-0.15, -0.1) is 0 Å². The number of hydrogen-bond acceptors (Lipinski definition) is 8. The normalized spacial score (nSPS) is 17.0. The standard InChI is InChI=1S/C27H23NO7/c1-30-22-5-3-4-17(26(22)31-2)11-24-25(29)18-7-9-20-19(27(18)35-24)13-28(14-32-20)12-16-6-8-21-23(10-16)34-15-33-21/h3-11H,12-15H2,1-2H3/b24-11-. The topological polar surface area (TPSA) is 75.7 Å². The van der Waals surface area contributed by atoms with Crippen molar-refractivity contribution in [2.45, 2.75) is 13.1 Å². The van der Waals surface area contributed by atoms with Crippen molar-refractivity contribution in [2.24, 2.45) is 0 Å². The maximum atomic E-state index is 13.2. The van der Waals surface area contributed by atoms with Crippen LogP contribution in [0.4, 0.5) is 0 Å². The second-order valence-electron chi connectivity index (χ2n) is 8.39. The van der Waals surface area contributed by atoms with Crippen LogP contribution in [0.5, 0.6) is 34.5 Å². The average Bonchev–Trinajstić information content (AvgIpc) is 3.48. The van der Waals surface area contributed by atoms with Crippen molar-refractivity contribution < 1.29 is 33.2 Å². The third-order valence-electron chi connectivity index (χ3n) is 6.25. The largest absolute Gasteiger partial charge is 0.493 e. The molecule has 178 valence electrons.